The lowest BCUT2D eigenvalue weighted by atomic mass is 9.83. The summed E-state index contributed by atoms with van der Waals surface area (Å²) in [4.78, 5) is 27.8. The minimum absolute atomic E-state index is 0.0211. The number of rotatable bonds is 1. The first-order chi connectivity index (χ1) is 8.95. The van der Waals surface area contributed by atoms with Crippen molar-refractivity contribution in [2.45, 2.75) is 45.6 Å². The van der Waals surface area contributed by atoms with Gasteiger partial charge in [0.25, 0.3) is 0 Å². The molecule has 2 fully saturated rings. The van der Waals surface area contributed by atoms with E-state index in [9.17, 15) is 9.59 Å². The Kier molecular flexibility index (Phi) is 4.13. The van der Waals surface area contributed by atoms with E-state index in [0.717, 1.165) is 38.8 Å². The van der Waals surface area contributed by atoms with Crippen LogP contribution >= 0.6 is 0 Å². The van der Waals surface area contributed by atoms with Gasteiger partial charge in [0.05, 0.1) is 5.41 Å². The molecule has 0 radical (unpaired) electrons. The Bertz CT molecular complexity index is 372. The number of amides is 2. The van der Waals surface area contributed by atoms with Gasteiger partial charge in [-0.3, -0.25) is 9.59 Å². The first kappa shape index (κ1) is 14.3. The van der Waals surface area contributed by atoms with Crippen LogP contribution in [0.25, 0.3) is 0 Å². The molecule has 2 atom stereocenters. The lowest BCUT2D eigenvalue weighted by Crippen LogP contribution is -2.50. The van der Waals surface area contributed by atoms with Crippen molar-refractivity contribution >= 4 is 11.8 Å². The van der Waals surface area contributed by atoms with Crippen LogP contribution in [0.15, 0.2) is 0 Å². The predicted octanol–water partition coefficient (Wildman–Crippen LogP) is 0.585. The minimum atomic E-state index is -0.397. The monoisotopic (exact) mass is 267 g/mol. The zero-order valence-electron chi connectivity index (χ0n) is 12.0. The van der Waals surface area contributed by atoms with Crippen LogP contribution in [-0.4, -0.2) is 53.8 Å². The molecular formula is C14H25N3O2. The Balaban J connectivity index is 2.02. The molecule has 1 aliphatic carbocycles. The molecule has 19 heavy (non-hydrogen) atoms. The quantitative estimate of drug-likeness (QED) is 0.756. The van der Waals surface area contributed by atoms with Gasteiger partial charge in [-0.25, -0.2) is 0 Å². The number of hydrogen-bond acceptors (Lipinski definition) is 3. The molecule has 2 amide bonds. The highest BCUT2D eigenvalue weighted by atomic mass is 16.2. The zero-order valence-corrected chi connectivity index (χ0v) is 12.0. The van der Waals surface area contributed by atoms with E-state index in [4.69, 9.17) is 5.73 Å². The van der Waals surface area contributed by atoms with E-state index in [1.165, 1.54) is 0 Å². The molecule has 0 aromatic heterocycles. The van der Waals surface area contributed by atoms with E-state index in [0.29, 0.717) is 13.1 Å². The standard InChI is InChI=1S/C14H25N3O2/c1-11(18)16-7-4-8-17(10-9-16)13(19)14(2)6-3-5-12(14)15/h12H,3-10,15H2,1-2H3. The first-order valence-electron chi connectivity index (χ1n) is 7.25. The summed E-state index contributed by atoms with van der Waals surface area (Å²) in [5.74, 6) is 0.279. The molecule has 2 aliphatic rings. The summed E-state index contributed by atoms with van der Waals surface area (Å²) in [7, 11) is 0. The SMILES string of the molecule is CC(=O)N1CCCN(C(=O)C2(C)CCCC2N)CC1. The Morgan fingerprint density at radius 1 is 1.11 bits per heavy atom. The lowest BCUT2D eigenvalue weighted by molar-refractivity contribution is -0.142. The molecule has 2 N–H and O–H groups in total. The average molecular weight is 267 g/mol. The molecule has 2 unspecified atom stereocenters. The van der Waals surface area contributed by atoms with E-state index in [1.54, 1.807) is 6.92 Å². The molecule has 1 saturated heterocycles. The fourth-order valence-corrected chi connectivity index (χ4v) is 3.26. The van der Waals surface area contributed by atoms with Crippen LogP contribution < -0.4 is 5.73 Å². The van der Waals surface area contributed by atoms with Crippen molar-refractivity contribution in [2.75, 3.05) is 26.2 Å². The number of carbonyl (C=O) groups excluding carboxylic acids is 2. The molecule has 0 spiro atoms. The Hall–Kier alpha value is -1.10. The van der Waals surface area contributed by atoms with Crippen LogP contribution in [0.4, 0.5) is 0 Å². The molecule has 108 valence electrons. The van der Waals surface area contributed by atoms with Gasteiger partial charge in [-0.1, -0.05) is 6.42 Å². The first-order valence-corrected chi connectivity index (χ1v) is 7.25. The predicted molar refractivity (Wildman–Crippen MR) is 73.4 cm³/mol. The van der Waals surface area contributed by atoms with Gasteiger partial charge in [0.1, 0.15) is 0 Å². The molecule has 5 nitrogen and oxygen atoms in total. The molecular weight excluding hydrogens is 242 g/mol. The topological polar surface area (TPSA) is 66.6 Å². The van der Waals surface area contributed by atoms with Crippen molar-refractivity contribution in [3.8, 4) is 0 Å². The van der Waals surface area contributed by atoms with Crippen LogP contribution in [0.5, 0.6) is 0 Å². The summed E-state index contributed by atoms with van der Waals surface area (Å²) < 4.78 is 0. The fraction of sp³-hybridized carbons (Fsp3) is 0.857. The highest BCUT2D eigenvalue weighted by Crippen LogP contribution is 2.38. The summed E-state index contributed by atoms with van der Waals surface area (Å²) in [6, 6.07) is -0.0211. The minimum Gasteiger partial charge on any atom is -0.341 e. The number of carbonyl (C=O) groups is 2. The molecule has 0 aromatic carbocycles. The maximum absolute atomic E-state index is 12.7. The van der Waals surface area contributed by atoms with Gasteiger partial charge in [0.15, 0.2) is 0 Å². The van der Waals surface area contributed by atoms with Crippen LogP contribution in [0, 0.1) is 5.41 Å². The second-order valence-corrected chi connectivity index (χ2v) is 6.07. The second kappa shape index (κ2) is 5.49. The van der Waals surface area contributed by atoms with E-state index in [2.05, 4.69) is 0 Å². The van der Waals surface area contributed by atoms with Gasteiger partial charge >= 0.3 is 0 Å². The third-order valence-electron chi connectivity index (χ3n) is 4.75. The Labute approximate surface area is 115 Å². The molecule has 2 rings (SSSR count). The van der Waals surface area contributed by atoms with E-state index >= 15 is 0 Å². The molecule has 1 heterocycles. The normalized spacial score (nSPS) is 32.3. The zero-order chi connectivity index (χ0) is 14.0. The lowest BCUT2D eigenvalue weighted by Gasteiger charge is -2.34. The van der Waals surface area contributed by atoms with Gasteiger partial charge in [0, 0.05) is 39.1 Å². The Morgan fingerprint density at radius 3 is 2.32 bits per heavy atom. The van der Waals surface area contributed by atoms with Crippen LogP contribution in [-0.2, 0) is 9.59 Å². The summed E-state index contributed by atoms with van der Waals surface area (Å²) in [6.45, 7) is 6.37. The Morgan fingerprint density at radius 2 is 1.74 bits per heavy atom. The molecule has 1 saturated carbocycles. The van der Waals surface area contributed by atoms with Crippen molar-refractivity contribution in [3.63, 3.8) is 0 Å². The van der Waals surface area contributed by atoms with Crippen molar-refractivity contribution in [1.82, 2.24) is 9.80 Å². The van der Waals surface area contributed by atoms with Gasteiger partial charge in [-0.15, -0.1) is 0 Å². The van der Waals surface area contributed by atoms with Crippen LogP contribution in [0.2, 0.25) is 0 Å². The highest BCUT2D eigenvalue weighted by Gasteiger charge is 2.45. The molecule has 1 aliphatic heterocycles. The van der Waals surface area contributed by atoms with E-state index < -0.39 is 5.41 Å². The third-order valence-corrected chi connectivity index (χ3v) is 4.75. The van der Waals surface area contributed by atoms with E-state index in [-0.39, 0.29) is 17.9 Å². The summed E-state index contributed by atoms with van der Waals surface area (Å²) in [5.41, 5.74) is 5.73. The molecule has 0 aromatic rings. The maximum Gasteiger partial charge on any atom is 0.230 e. The summed E-state index contributed by atoms with van der Waals surface area (Å²) >= 11 is 0. The second-order valence-electron chi connectivity index (χ2n) is 6.07. The van der Waals surface area contributed by atoms with Gasteiger partial charge in [0.2, 0.25) is 11.8 Å². The van der Waals surface area contributed by atoms with Crippen molar-refractivity contribution < 1.29 is 9.59 Å². The van der Waals surface area contributed by atoms with Crippen LogP contribution in [0.1, 0.15) is 39.5 Å². The average Bonchev–Trinajstić information content (AvgIpc) is 2.60. The fourth-order valence-electron chi connectivity index (χ4n) is 3.26. The van der Waals surface area contributed by atoms with Gasteiger partial charge in [-0.05, 0) is 26.2 Å². The molecule has 5 heteroatoms. The smallest absolute Gasteiger partial charge is 0.230 e. The van der Waals surface area contributed by atoms with Crippen molar-refractivity contribution in [3.05, 3.63) is 0 Å². The van der Waals surface area contributed by atoms with Crippen LogP contribution in [0.3, 0.4) is 0 Å². The van der Waals surface area contributed by atoms with Crippen molar-refractivity contribution in [1.29, 1.82) is 0 Å². The maximum atomic E-state index is 12.7. The number of hydrogen-bond donors (Lipinski definition) is 1. The third kappa shape index (κ3) is 2.76. The van der Waals surface area contributed by atoms with Gasteiger partial charge in [-0.2, -0.15) is 0 Å². The largest absolute Gasteiger partial charge is 0.341 e. The number of nitrogens with two attached hydrogens (primary N) is 1. The summed E-state index contributed by atoms with van der Waals surface area (Å²) in [5, 5.41) is 0. The van der Waals surface area contributed by atoms with Crippen molar-refractivity contribution in [2.24, 2.45) is 11.1 Å². The molecule has 0 bridgehead atoms. The summed E-state index contributed by atoms with van der Waals surface area (Å²) in [6.07, 6.45) is 3.73. The number of nitrogens with zero attached hydrogens (tertiary/aromatic N) is 2. The van der Waals surface area contributed by atoms with Gasteiger partial charge < -0.3 is 15.5 Å². The highest BCUT2D eigenvalue weighted by molar-refractivity contribution is 5.83. The van der Waals surface area contributed by atoms with E-state index in [1.807, 2.05) is 16.7 Å².